The van der Waals surface area contributed by atoms with Crippen molar-refractivity contribution in [3.63, 3.8) is 0 Å². The molecule has 0 aliphatic heterocycles. The van der Waals surface area contributed by atoms with Crippen molar-refractivity contribution in [2.45, 2.75) is 44.1 Å². The monoisotopic (exact) mass is 238 g/mol. The van der Waals surface area contributed by atoms with Gasteiger partial charge in [0.05, 0.1) is 6.33 Å². The lowest BCUT2D eigenvalue weighted by atomic mass is 9.53. The topological polar surface area (TPSA) is 17.8 Å². The molecule has 0 saturated heterocycles. The fourth-order valence-corrected chi connectivity index (χ4v) is 4.92. The molecule has 0 aromatic carbocycles. The summed E-state index contributed by atoms with van der Waals surface area (Å²) in [6.45, 7) is 0. The van der Waals surface area contributed by atoms with Crippen LogP contribution in [0.4, 0.5) is 0 Å². The van der Waals surface area contributed by atoms with E-state index in [1.54, 1.807) is 0 Å². The van der Waals surface area contributed by atoms with E-state index in [-0.39, 0.29) is 12.4 Å². The highest BCUT2D eigenvalue weighted by atomic mass is 35.5. The maximum absolute atomic E-state index is 4.24. The molecular weight excluding hydrogens is 220 g/mol. The van der Waals surface area contributed by atoms with Gasteiger partial charge in [-0.1, -0.05) is 0 Å². The summed E-state index contributed by atoms with van der Waals surface area (Å²) in [5, 5.41) is 0. The number of aromatic nitrogens is 2. The standard InChI is InChI=1S/C13H18N2.ClH/c1-2-15(9-14-1)13-6-10-3-11(7-13)5-12(4-10)8-13;/h1-2,9-12H,3-8H2;1H. The predicted octanol–water partition coefficient (Wildman–Crippen LogP) is 3.23. The summed E-state index contributed by atoms with van der Waals surface area (Å²) < 4.78 is 2.43. The van der Waals surface area contributed by atoms with Crippen molar-refractivity contribution in [2.24, 2.45) is 17.8 Å². The summed E-state index contributed by atoms with van der Waals surface area (Å²) in [7, 11) is 0. The molecule has 4 bridgehead atoms. The van der Waals surface area contributed by atoms with Crippen LogP contribution in [0.25, 0.3) is 0 Å². The van der Waals surface area contributed by atoms with Crippen molar-refractivity contribution in [3.05, 3.63) is 18.7 Å². The second kappa shape index (κ2) is 3.49. The summed E-state index contributed by atoms with van der Waals surface area (Å²) in [6, 6.07) is 0. The Morgan fingerprint density at radius 2 is 1.56 bits per heavy atom. The molecule has 4 saturated carbocycles. The van der Waals surface area contributed by atoms with E-state index < -0.39 is 0 Å². The molecular formula is C13H19ClN2. The Labute approximate surface area is 103 Å². The Hall–Kier alpha value is -0.500. The summed E-state index contributed by atoms with van der Waals surface area (Å²) in [4.78, 5) is 4.24. The van der Waals surface area contributed by atoms with Crippen LogP contribution < -0.4 is 0 Å². The van der Waals surface area contributed by atoms with Gasteiger partial charge in [-0.15, -0.1) is 12.4 Å². The minimum atomic E-state index is 0. The van der Waals surface area contributed by atoms with Gasteiger partial charge >= 0.3 is 0 Å². The summed E-state index contributed by atoms with van der Waals surface area (Å²) in [5.74, 6) is 3.08. The fraction of sp³-hybridized carbons (Fsp3) is 0.769. The third kappa shape index (κ3) is 1.35. The molecule has 4 aliphatic rings. The SMILES string of the molecule is Cl.c1cn(C23CC4CC(CC(C4)C2)C3)cn1. The minimum Gasteiger partial charge on any atom is -0.331 e. The summed E-state index contributed by atoms with van der Waals surface area (Å²) >= 11 is 0. The molecule has 4 aliphatic carbocycles. The van der Waals surface area contributed by atoms with E-state index in [9.17, 15) is 0 Å². The Balaban J connectivity index is 0.000000810. The first kappa shape index (κ1) is 10.6. The fourth-order valence-electron chi connectivity index (χ4n) is 4.92. The second-order valence-electron chi connectivity index (χ2n) is 6.11. The number of hydrogen-bond donors (Lipinski definition) is 0. The van der Waals surface area contributed by atoms with Crippen LogP contribution in [0.3, 0.4) is 0 Å². The van der Waals surface area contributed by atoms with E-state index in [4.69, 9.17) is 0 Å². The molecule has 0 spiro atoms. The highest BCUT2D eigenvalue weighted by Crippen LogP contribution is 2.58. The van der Waals surface area contributed by atoms with Crippen LogP contribution in [0.15, 0.2) is 18.7 Å². The number of imidazole rings is 1. The van der Waals surface area contributed by atoms with E-state index in [0.29, 0.717) is 5.54 Å². The van der Waals surface area contributed by atoms with Crippen LogP contribution in [0.1, 0.15) is 38.5 Å². The van der Waals surface area contributed by atoms with Crippen molar-refractivity contribution in [2.75, 3.05) is 0 Å². The molecule has 0 N–H and O–H groups in total. The Kier molecular flexibility index (Phi) is 2.32. The lowest BCUT2D eigenvalue weighted by molar-refractivity contribution is -0.0431. The van der Waals surface area contributed by atoms with Crippen LogP contribution in [0, 0.1) is 17.8 Å². The lowest BCUT2D eigenvalue weighted by Crippen LogP contribution is -2.51. The van der Waals surface area contributed by atoms with Crippen molar-refractivity contribution in [1.29, 1.82) is 0 Å². The number of hydrogen-bond acceptors (Lipinski definition) is 1. The Morgan fingerprint density at radius 1 is 1.00 bits per heavy atom. The van der Waals surface area contributed by atoms with E-state index in [1.165, 1.54) is 38.5 Å². The third-order valence-corrected chi connectivity index (χ3v) is 5.06. The Morgan fingerprint density at radius 3 is 2.00 bits per heavy atom. The minimum absolute atomic E-state index is 0. The molecule has 3 heteroatoms. The maximum Gasteiger partial charge on any atom is 0.0951 e. The van der Waals surface area contributed by atoms with Gasteiger partial charge in [-0.2, -0.15) is 0 Å². The first-order chi connectivity index (χ1) is 7.34. The van der Waals surface area contributed by atoms with Gasteiger partial charge in [0, 0.05) is 17.9 Å². The predicted molar refractivity (Wildman–Crippen MR) is 65.6 cm³/mol. The zero-order valence-corrected chi connectivity index (χ0v) is 10.3. The number of rotatable bonds is 1. The molecule has 16 heavy (non-hydrogen) atoms. The van der Waals surface area contributed by atoms with E-state index in [0.717, 1.165) is 17.8 Å². The molecule has 5 rings (SSSR count). The molecule has 4 fully saturated rings. The molecule has 1 aromatic heterocycles. The van der Waals surface area contributed by atoms with E-state index >= 15 is 0 Å². The third-order valence-electron chi connectivity index (χ3n) is 5.06. The van der Waals surface area contributed by atoms with E-state index in [2.05, 4.69) is 15.7 Å². The zero-order valence-electron chi connectivity index (χ0n) is 9.51. The van der Waals surface area contributed by atoms with Crippen LogP contribution in [0.5, 0.6) is 0 Å². The molecule has 0 radical (unpaired) electrons. The molecule has 1 aromatic rings. The van der Waals surface area contributed by atoms with Crippen molar-refractivity contribution in [3.8, 4) is 0 Å². The molecule has 0 unspecified atom stereocenters. The average Bonchev–Trinajstić information content (AvgIpc) is 2.67. The molecule has 0 amide bonds. The highest BCUT2D eigenvalue weighted by Gasteiger charge is 2.51. The van der Waals surface area contributed by atoms with Gasteiger partial charge in [0.1, 0.15) is 0 Å². The quantitative estimate of drug-likeness (QED) is 0.735. The van der Waals surface area contributed by atoms with Crippen molar-refractivity contribution >= 4 is 12.4 Å². The van der Waals surface area contributed by atoms with E-state index in [1.807, 2.05) is 12.5 Å². The van der Waals surface area contributed by atoms with Gasteiger partial charge < -0.3 is 4.57 Å². The number of halogens is 1. The lowest BCUT2D eigenvalue weighted by Gasteiger charge is -2.57. The van der Waals surface area contributed by atoms with Crippen LogP contribution >= 0.6 is 12.4 Å². The first-order valence-electron chi connectivity index (χ1n) is 6.32. The van der Waals surface area contributed by atoms with Crippen LogP contribution in [-0.2, 0) is 5.54 Å². The molecule has 88 valence electrons. The van der Waals surface area contributed by atoms with Gasteiger partial charge in [-0.3, -0.25) is 0 Å². The molecule has 0 atom stereocenters. The summed E-state index contributed by atoms with van der Waals surface area (Å²) in [5.41, 5.74) is 0.477. The van der Waals surface area contributed by atoms with Crippen LogP contribution in [-0.4, -0.2) is 9.55 Å². The first-order valence-corrected chi connectivity index (χ1v) is 6.32. The normalized spacial score (nSPS) is 44.4. The van der Waals surface area contributed by atoms with Crippen molar-refractivity contribution < 1.29 is 0 Å². The van der Waals surface area contributed by atoms with Gasteiger partial charge in [-0.25, -0.2) is 4.98 Å². The zero-order chi connectivity index (χ0) is 9.88. The van der Waals surface area contributed by atoms with Crippen LogP contribution in [0.2, 0.25) is 0 Å². The largest absolute Gasteiger partial charge is 0.331 e. The number of nitrogens with zero attached hydrogens (tertiary/aromatic N) is 2. The van der Waals surface area contributed by atoms with Crippen molar-refractivity contribution in [1.82, 2.24) is 9.55 Å². The van der Waals surface area contributed by atoms with Gasteiger partial charge in [-0.05, 0) is 56.3 Å². The van der Waals surface area contributed by atoms with Gasteiger partial charge in [0.2, 0.25) is 0 Å². The molecule has 2 nitrogen and oxygen atoms in total. The van der Waals surface area contributed by atoms with Gasteiger partial charge in [0.25, 0.3) is 0 Å². The maximum atomic E-state index is 4.24. The second-order valence-corrected chi connectivity index (χ2v) is 6.11. The Bertz CT molecular complexity index is 336. The average molecular weight is 239 g/mol. The smallest absolute Gasteiger partial charge is 0.0951 e. The highest BCUT2D eigenvalue weighted by molar-refractivity contribution is 5.85. The van der Waals surface area contributed by atoms with Gasteiger partial charge in [0.15, 0.2) is 0 Å². The summed E-state index contributed by atoms with van der Waals surface area (Å²) in [6.07, 6.45) is 15.0. The molecule has 1 heterocycles.